The van der Waals surface area contributed by atoms with Crippen LogP contribution in [0.2, 0.25) is 0 Å². The molecule has 0 bridgehead atoms. The van der Waals surface area contributed by atoms with Crippen molar-refractivity contribution >= 4 is 5.91 Å². The van der Waals surface area contributed by atoms with Gasteiger partial charge in [0.2, 0.25) is 0 Å². The average Bonchev–Trinajstić information content (AvgIpc) is 3.18. The second-order valence-corrected chi connectivity index (χ2v) is 6.72. The van der Waals surface area contributed by atoms with E-state index in [1.165, 1.54) is 0 Å². The Morgan fingerprint density at radius 2 is 2.13 bits per heavy atom. The van der Waals surface area contributed by atoms with Gasteiger partial charge in [-0.3, -0.25) is 9.48 Å². The Kier molecular flexibility index (Phi) is 4.00. The predicted octanol–water partition coefficient (Wildman–Crippen LogP) is 2.86. The van der Waals surface area contributed by atoms with Gasteiger partial charge in [0.15, 0.2) is 0 Å². The fourth-order valence-corrected chi connectivity index (χ4v) is 3.15. The fourth-order valence-electron chi connectivity index (χ4n) is 3.15. The molecule has 1 saturated heterocycles. The number of imidazole rings is 1. The van der Waals surface area contributed by atoms with Crippen LogP contribution in [0.1, 0.15) is 72.0 Å². The maximum absolute atomic E-state index is 13.0. The molecule has 1 aliphatic heterocycles. The van der Waals surface area contributed by atoms with Crippen LogP contribution in [0.5, 0.6) is 0 Å². The number of hydrogen-bond acceptors (Lipinski definition) is 3. The standard InChI is InChI=1S/C17H25N5O/c1-10(2)13-9-15(21(5)20-13)17(23)22-8-6-7-14(22)16-18-11(3)12(4)19-16/h9-10,14H,6-8H2,1-5H3,(H,18,19). The molecule has 0 saturated carbocycles. The molecule has 1 fully saturated rings. The van der Waals surface area contributed by atoms with Crippen molar-refractivity contribution in [2.24, 2.45) is 7.05 Å². The number of nitrogens with one attached hydrogen (secondary N) is 1. The van der Waals surface area contributed by atoms with Crippen molar-refractivity contribution < 1.29 is 4.79 Å². The van der Waals surface area contributed by atoms with Gasteiger partial charge in [0.25, 0.3) is 5.91 Å². The van der Waals surface area contributed by atoms with Gasteiger partial charge in [-0.2, -0.15) is 5.10 Å². The molecule has 1 amide bonds. The normalized spacial score (nSPS) is 18.2. The lowest BCUT2D eigenvalue weighted by atomic mass is 10.1. The number of carbonyl (C=O) groups is 1. The molecule has 2 aromatic heterocycles. The van der Waals surface area contributed by atoms with Crippen molar-refractivity contribution in [3.63, 3.8) is 0 Å². The molecule has 1 N–H and O–H groups in total. The molecule has 0 radical (unpaired) electrons. The maximum atomic E-state index is 13.0. The average molecular weight is 315 g/mol. The largest absolute Gasteiger partial charge is 0.344 e. The highest BCUT2D eigenvalue weighted by molar-refractivity contribution is 5.93. The van der Waals surface area contributed by atoms with Crippen molar-refractivity contribution in [1.29, 1.82) is 0 Å². The van der Waals surface area contributed by atoms with Crippen LogP contribution in [-0.2, 0) is 7.05 Å². The van der Waals surface area contributed by atoms with E-state index in [1.807, 2.05) is 31.9 Å². The smallest absolute Gasteiger partial charge is 0.272 e. The molecule has 124 valence electrons. The number of amides is 1. The molecule has 3 rings (SSSR count). The van der Waals surface area contributed by atoms with Crippen LogP contribution in [0.25, 0.3) is 0 Å². The number of aryl methyl sites for hydroxylation is 3. The summed E-state index contributed by atoms with van der Waals surface area (Å²) in [6.07, 6.45) is 1.96. The predicted molar refractivity (Wildman–Crippen MR) is 88.4 cm³/mol. The molecule has 0 aromatic carbocycles. The molecule has 1 atom stereocenters. The highest BCUT2D eigenvalue weighted by Gasteiger charge is 2.34. The zero-order valence-electron chi connectivity index (χ0n) is 14.6. The van der Waals surface area contributed by atoms with Crippen molar-refractivity contribution in [1.82, 2.24) is 24.6 Å². The van der Waals surface area contributed by atoms with Gasteiger partial charge in [-0.25, -0.2) is 4.98 Å². The molecule has 23 heavy (non-hydrogen) atoms. The minimum Gasteiger partial charge on any atom is -0.344 e. The molecule has 1 aliphatic rings. The number of rotatable bonds is 3. The maximum Gasteiger partial charge on any atom is 0.272 e. The third-order valence-electron chi connectivity index (χ3n) is 4.69. The van der Waals surface area contributed by atoms with E-state index < -0.39 is 0 Å². The van der Waals surface area contributed by atoms with Gasteiger partial charge in [0.1, 0.15) is 11.5 Å². The molecular formula is C17H25N5O. The molecule has 6 nitrogen and oxygen atoms in total. The summed E-state index contributed by atoms with van der Waals surface area (Å²) in [6, 6.07) is 1.95. The van der Waals surface area contributed by atoms with Crippen molar-refractivity contribution in [2.75, 3.05) is 6.54 Å². The summed E-state index contributed by atoms with van der Waals surface area (Å²) >= 11 is 0. The Labute approximate surface area is 136 Å². The minimum atomic E-state index is 0.0345. The van der Waals surface area contributed by atoms with E-state index in [2.05, 4.69) is 28.9 Å². The Morgan fingerprint density at radius 3 is 2.70 bits per heavy atom. The zero-order chi connectivity index (χ0) is 16.7. The third-order valence-corrected chi connectivity index (χ3v) is 4.69. The minimum absolute atomic E-state index is 0.0345. The van der Waals surface area contributed by atoms with Gasteiger partial charge in [0, 0.05) is 19.3 Å². The van der Waals surface area contributed by atoms with Gasteiger partial charge >= 0.3 is 0 Å². The van der Waals surface area contributed by atoms with Gasteiger partial charge in [-0.1, -0.05) is 13.8 Å². The van der Waals surface area contributed by atoms with Crippen molar-refractivity contribution in [3.8, 4) is 0 Å². The van der Waals surface area contributed by atoms with E-state index in [0.717, 1.165) is 42.3 Å². The van der Waals surface area contributed by atoms with Gasteiger partial charge < -0.3 is 9.88 Å². The highest BCUT2D eigenvalue weighted by atomic mass is 16.2. The lowest BCUT2D eigenvalue weighted by molar-refractivity contribution is 0.0719. The van der Waals surface area contributed by atoms with E-state index in [0.29, 0.717) is 11.6 Å². The number of likely N-dealkylation sites (tertiary alicyclic amines) is 1. The van der Waals surface area contributed by atoms with E-state index in [-0.39, 0.29) is 11.9 Å². The summed E-state index contributed by atoms with van der Waals surface area (Å²) in [6.45, 7) is 8.95. The second kappa shape index (κ2) is 5.83. The van der Waals surface area contributed by atoms with Gasteiger partial charge in [-0.05, 0) is 38.7 Å². The molecule has 6 heteroatoms. The monoisotopic (exact) mass is 315 g/mol. The Bertz CT molecular complexity index is 708. The lowest BCUT2D eigenvalue weighted by Gasteiger charge is -2.23. The van der Waals surface area contributed by atoms with Crippen LogP contribution in [-0.4, -0.2) is 37.1 Å². The first-order valence-electron chi connectivity index (χ1n) is 8.26. The summed E-state index contributed by atoms with van der Waals surface area (Å²) in [7, 11) is 1.84. The lowest BCUT2D eigenvalue weighted by Crippen LogP contribution is -2.32. The number of carbonyl (C=O) groups excluding carboxylic acids is 1. The first kappa shape index (κ1) is 15.8. The summed E-state index contributed by atoms with van der Waals surface area (Å²) in [5.74, 6) is 1.26. The van der Waals surface area contributed by atoms with E-state index >= 15 is 0 Å². The number of nitrogens with zero attached hydrogens (tertiary/aromatic N) is 4. The molecule has 0 aliphatic carbocycles. The molecule has 1 unspecified atom stereocenters. The highest BCUT2D eigenvalue weighted by Crippen LogP contribution is 2.32. The van der Waals surface area contributed by atoms with Gasteiger partial charge in [0.05, 0.1) is 17.4 Å². The Balaban J connectivity index is 1.89. The number of aromatic nitrogens is 4. The summed E-state index contributed by atoms with van der Waals surface area (Å²) in [4.78, 5) is 22.9. The number of H-pyrrole nitrogens is 1. The van der Waals surface area contributed by atoms with Crippen LogP contribution < -0.4 is 0 Å². The van der Waals surface area contributed by atoms with Crippen LogP contribution in [0, 0.1) is 13.8 Å². The molecular weight excluding hydrogens is 290 g/mol. The quantitative estimate of drug-likeness (QED) is 0.947. The Morgan fingerprint density at radius 1 is 1.39 bits per heavy atom. The van der Waals surface area contributed by atoms with Crippen LogP contribution >= 0.6 is 0 Å². The molecule has 3 heterocycles. The van der Waals surface area contributed by atoms with Crippen LogP contribution in [0.4, 0.5) is 0 Å². The number of aromatic amines is 1. The van der Waals surface area contributed by atoms with Crippen LogP contribution in [0.15, 0.2) is 6.07 Å². The van der Waals surface area contributed by atoms with Crippen molar-refractivity contribution in [3.05, 3.63) is 34.7 Å². The summed E-state index contributed by atoms with van der Waals surface area (Å²) in [5.41, 5.74) is 3.68. The third kappa shape index (κ3) is 2.78. The van der Waals surface area contributed by atoms with E-state index in [9.17, 15) is 4.79 Å². The van der Waals surface area contributed by atoms with Crippen LogP contribution in [0.3, 0.4) is 0 Å². The number of hydrogen-bond donors (Lipinski definition) is 1. The summed E-state index contributed by atoms with van der Waals surface area (Å²) in [5, 5.41) is 4.46. The zero-order valence-corrected chi connectivity index (χ0v) is 14.6. The summed E-state index contributed by atoms with van der Waals surface area (Å²) < 4.78 is 1.70. The first-order chi connectivity index (χ1) is 10.9. The van der Waals surface area contributed by atoms with E-state index in [4.69, 9.17) is 0 Å². The first-order valence-corrected chi connectivity index (χ1v) is 8.26. The SMILES string of the molecule is Cc1nc(C2CCCN2C(=O)c2cc(C(C)C)nn2C)[nH]c1C. The van der Waals surface area contributed by atoms with Gasteiger partial charge in [-0.15, -0.1) is 0 Å². The van der Waals surface area contributed by atoms with Crippen molar-refractivity contribution in [2.45, 2.75) is 52.5 Å². The van der Waals surface area contributed by atoms with E-state index in [1.54, 1.807) is 4.68 Å². The molecule has 2 aromatic rings. The topological polar surface area (TPSA) is 66.8 Å². The fraction of sp³-hybridized carbons (Fsp3) is 0.588. The Hall–Kier alpha value is -2.11. The second-order valence-electron chi connectivity index (χ2n) is 6.72. The molecule has 0 spiro atoms.